The van der Waals surface area contributed by atoms with Gasteiger partial charge in [0.2, 0.25) is 5.78 Å². The first kappa shape index (κ1) is 16.5. The Balaban J connectivity index is 2.23. The molecule has 0 aliphatic carbocycles. The maximum atomic E-state index is 13.0. The quantitative estimate of drug-likeness (QED) is 0.681. The molecule has 0 saturated heterocycles. The molecule has 0 spiro atoms. The summed E-state index contributed by atoms with van der Waals surface area (Å²) in [6.45, 7) is 0. The van der Waals surface area contributed by atoms with Gasteiger partial charge < -0.3 is 14.5 Å². The normalized spacial score (nSPS) is 17.3. The highest BCUT2D eigenvalue weighted by atomic mass is 16.5. The van der Waals surface area contributed by atoms with E-state index >= 15 is 0 Å². The number of furan rings is 1. The van der Waals surface area contributed by atoms with E-state index in [0.29, 0.717) is 5.56 Å². The highest BCUT2D eigenvalue weighted by Crippen LogP contribution is 2.32. The van der Waals surface area contributed by atoms with Crippen molar-refractivity contribution in [3.8, 4) is 0 Å². The Morgan fingerprint density at radius 1 is 1.16 bits per heavy atom. The first-order chi connectivity index (χ1) is 12.0. The lowest BCUT2D eigenvalue weighted by Crippen LogP contribution is -2.48. The number of nitrogens with zero attached hydrogens (tertiary/aromatic N) is 1. The zero-order valence-electron chi connectivity index (χ0n) is 13.7. The number of ether oxygens (including phenoxy) is 1. The molecule has 0 saturated carbocycles. The summed E-state index contributed by atoms with van der Waals surface area (Å²) in [4.78, 5) is 38.7. The first-order valence-electron chi connectivity index (χ1n) is 7.54. The number of urea groups is 1. The highest BCUT2D eigenvalue weighted by Gasteiger charge is 2.40. The molecule has 25 heavy (non-hydrogen) atoms. The summed E-state index contributed by atoms with van der Waals surface area (Å²) in [5, 5.41) is 2.74. The molecule has 3 rings (SSSR count). The van der Waals surface area contributed by atoms with E-state index in [4.69, 9.17) is 9.15 Å². The van der Waals surface area contributed by atoms with Crippen LogP contribution in [0.3, 0.4) is 0 Å². The fraction of sp³-hybridized carbons (Fsp3) is 0.167. The maximum absolute atomic E-state index is 13.0. The maximum Gasteiger partial charge on any atom is 0.355 e. The third-order valence-electron chi connectivity index (χ3n) is 3.95. The van der Waals surface area contributed by atoms with Crippen molar-refractivity contribution in [2.24, 2.45) is 0 Å². The predicted octanol–water partition coefficient (Wildman–Crippen LogP) is 2.29. The summed E-state index contributed by atoms with van der Waals surface area (Å²) in [7, 11) is 2.60. The minimum Gasteiger partial charge on any atom is -0.464 e. The van der Waals surface area contributed by atoms with Crippen LogP contribution in [0, 0.1) is 0 Å². The second kappa shape index (κ2) is 6.64. The zero-order chi connectivity index (χ0) is 18.0. The molecule has 1 aromatic heterocycles. The number of hydrogen-bond acceptors (Lipinski definition) is 5. The van der Waals surface area contributed by atoms with E-state index in [1.165, 1.54) is 26.5 Å². The molecular weight excluding hydrogens is 324 g/mol. The van der Waals surface area contributed by atoms with E-state index in [2.05, 4.69) is 5.32 Å². The van der Waals surface area contributed by atoms with Crippen molar-refractivity contribution >= 4 is 17.8 Å². The molecule has 1 aliphatic rings. The van der Waals surface area contributed by atoms with Crippen LogP contribution in [0.15, 0.2) is 64.4 Å². The molecule has 2 aromatic rings. The van der Waals surface area contributed by atoms with Crippen molar-refractivity contribution in [1.82, 2.24) is 10.2 Å². The molecule has 0 bridgehead atoms. The van der Waals surface area contributed by atoms with E-state index in [1.54, 1.807) is 30.3 Å². The minimum absolute atomic E-state index is 0.0712. The molecule has 7 nitrogen and oxygen atoms in total. The summed E-state index contributed by atoms with van der Waals surface area (Å²) in [5.41, 5.74) is 0.650. The number of rotatable bonds is 4. The van der Waals surface area contributed by atoms with E-state index in [-0.39, 0.29) is 17.0 Å². The Labute approximate surface area is 143 Å². The molecule has 1 atom stereocenters. The fourth-order valence-electron chi connectivity index (χ4n) is 2.73. The van der Waals surface area contributed by atoms with E-state index < -0.39 is 23.8 Å². The number of methoxy groups -OCH3 is 1. The number of carbonyl (C=O) groups excluding carboxylic acids is 3. The first-order valence-corrected chi connectivity index (χ1v) is 7.54. The lowest BCUT2D eigenvalue weighted by molar-refractivity contribution is -0.137. The molecule has 2 heterocycles. The van der Waals surface area contributed by atoms with Gasteiger partial charge in [-0.15, -0.1) is 0 Å². The molecule has 0 radical (unpaired) electrons. The van der Waals surface area contributed by atoms with Crippen LogP contribution in [-0.4, -0.2) is 36.8 Å². The van der Waals surface area contributed by atoms with Gasteiger partial charge in [-0.2, -0.15) is 0 Å². The van der Waals surface area contributed by atoms with Gasteiger partial charge in [-0.1, -0.05) is 30.3 Å². The molecule has 0 fully saturated rings. The van der Waals surface area contributed by atoms with Crippen LogP contribution in [0.5, 0.6) is 0 Å². The van der Waals surface area contributed by atoms with Crippen LogP contribution in [0.2, 0.25) is 0 Å². The lowest BCUT2D eigenvalue weighted by Gasteiger charge is -2.33. The second-order valence-corrected chi connectivity index (χ2v) is 5.41. The van der Waals surface area contributed by atoms with Gasteiger partial charge in [0.25, 0.3) is 0 Å². The van der Waals surface area contributed by atoms with E-state index in [0.717, 1.165) is 4.90 Å². The van der Waals surface area contributed by atoms with Gasteiger partial charge in [-0.25, -0.2) is 9.59 Å². The third kappa shape index (κ3) is 2.91. The number of ketones is 1. The van der Waals surface area contributed by atoms with E-state index in [1.807, 2.05) is 6.07 Å². The summed E-state index contributed by atoms with van der Waals surface area (Å²) < 4.78 is 9.98. The summed E-state index contributed by atoms with van der Waals surface area (Å²) in [6, 6.07) is 10.7. The topological polar surface area (TPSA) is 88.9 Å². The van der Waals surface area contributed by atoms with Gasteiger partial charge in [-0.05, 0) is 17.7 Å². The van der Waals surface area contributed by atoms with Crippen LogP contribution in [0.4, 0.5) is 4.79 Å². The largest absolute Gasteiger partial charge is 0.464 e. The lowest BCUT2D eigenvalue weighted by atomic mass is 9.90. The second-order valence-electron chi connectivity index (χ2n) is 5.41. The molecule has 7 heteroatoms. The molecular formula is C18H16N2O5. The number of amides is 2. The molecule has 128 valence electrons. The van der Waals surface area contributed by atoms with Crippen LogP contribution in [-0.2, 0) is 9.53 Å². The SMILES string of the molecule is COC(=O)C1=C(C(=O)c2ccco2)[C@@H](c2ccccc2)NC(=O)N1C. The summed E-state index contributed by atoms with van der Waals surface area (Å²) >= 11 is 0. The number of benzene rings is 1. The number of esters is 1. The number of nitrogens with one attached hydrogen (secondary N) is 1. The van der Waals surface area contributed by atoms with Crippen molar-refractivity contribution in [3.63, 3.8) is 0 Å². The number of Topliss-reactive ketones (excluding diaryl/α,β-unsaturated/α-hetero) is 1. The van der Waals surface area contributed by atoms with Crippen molar-refractivity contribution in [2.75, 3.05) is 14.2 Å². The number of carbonyl (C=O) groups is 3. The van der Waals surface area contributed by atoms with Gasteiger partial charge in [0, 0.05) is 7.05 Å². The van der Waals surface area contributed by atoms with Crippen molar-refractivity contribution in [2.45, 2.75) is 6.04 Å². The van der Waals surface area contributed by atoms with Crippen LogP contribution >= 0.6 is 0 Å². The predicted molar refractivity (Wildman–Crippen MR) is 87.6 cm³/mol. The number of likely N-dealkylation sites (N-methyl/N-ethyl adjacent to an activating group) is 1. The van der Waals surface area contributed by atoms with Crippen LogP contribution in [0.25, 0.3) is 0 Å². The molecule has 1 aliphatic heterocycles. The summed E-state index contributed by atoms with van der Waals surface area (Å²) in [5.74, 6) is -1.19. The standard InChI is InChI=1S/C18H16N2O5/c1-20-15(17(22)24-2)13(16(21)12-9-6-10-25-12)14(19-18(20)23)11-7-4-3-5-8-11/h3-10,14H,1-2H3,(H,19,23)/t14-/m1/s1. The summed E-state index contributed by atoms with van der Waals surface area (Å²) in [6.07, 6.45) is 1.37. The third-order valence-corrected chi connectivity index (χ3v) is 3.95. The molecule has 1 aromatic carbocycles. The van der Waals surface area contributed by atoms with Gasteiger partial charge in [0.1, 0.15) is 5.70 Å². The Morgan fingerprint density at radius 2 is 1.88 bits per heavy atom. The monoisotopic (exact) mass is 340 g/mol. The minimum atomic E-state index is -0.795. The number of hydrogen-bond donors (Lipinski definition) is 1. The Bertz CT molecular complexity index is 840. The van der Waals surface area contributed by atoms with Crippen molar-refractivity contribution in [1.29, 1.82) is 0 Å². The Morgan fingerprint density at radius 3 is 2.48 bits per heavy atom. The van der Waals surface area contributed by atoms with Gasteiger partial charge in [0.05, 0.1) is 25.0 Å². The van der Waals surface area contributed by atoms with E-state index in [9.17, 15) is 14.4 Å². The zero-order valence-corrected chi connectivity index (χ0v) is 13.7. The molecule has 0 unspecified atom stereocenters. The fourth-order valence-corrected chi connectivity index (χ4v) is 2.73. The average Bonchev–Trinajstić information content (AvgIpc) is 3.17. The Kier molecular flexibility index (Phi) is 4.38. The van der Waals surface area contributed by atoms with Crippen molar-refractivity contribution < 1.29 is 23.5 Å². The van der Waals surface area contributed by atoms with Gasteiger partial charge in [0.15, 0.2) is 5.76 Å². The highest BCUT2D eigenvalue weighted by molar-refractivity contribution is 6.14. The van der Waals surface area contributed by atoms with Gasteiger partial charge in [-0.3, -0.25) is 9.69 Å². The Hall–Kier alpha value is -3.35. The van der Waals surface area contributed by atoms with Gasteiger partial charge >= 0.3 is 12.0 Å². The average molecular weight is 340 g/mol. The van der Waals surface area contributed by atoms with Crippen LogP contribution in [0.1, 0.15) is 22.2 Å². The molecule has 1 N–H and O–H groups in total. The smallest absolute Gasteiger partial charge is 0.355 e. The molecule has 2 amide bonds. The van der Waals surface area contributed by atoms with Crippen molar-refractivity contribution in [3.05, 3.63) is 71.3 Å². The van der Waals surface area contributed by atoms with Crippen LogP contribution < -0.4 is 5.32 Å².